The highest BCUT2D eigenvalue weighted by atomic mass is 79.9. The predicted octanol–water partition coefficient (Wildman–Crippen LogP) is 2.59. The van der Waals surface area contributed by atoms with Gasteiger partial charge in [0, 0.05) is 10.0 Å². The van der Waals surface area contributed by atoms with Crippen molar-refractivity contribution in [2.75, 3.05) is 6.67 Å². The third kappa shape index (κ3) is 2.01. The van der Waals surface area contributed by atoms with Crippen LogP contribution in [0.25, 0.3) is 0 Å². The maximum atomic E-state index is 12.9. The average Bonchev–Trinajstić information content (AvgIpc) is 2.03. The van der Waals surface area contributed by atoms with Crippen LogP contribution >= 0.6 is 15.9 Å². The zero-order valence-electron chi connectivity index (χ0n) is 6.10. The van der Waals surface area contributed by atoms with Crippen LogP contribution in [-0.2, 0) is 0 Å². The third-order valence-corrected chi connectivity index (χ3v) is 1.96. The normalized spacial score (nSPS) is 13.0. The number of hydrogen-bond acceptors (Lipinski definition) is 1. The van der Waals surface area contributed by atoms with Gasteiger partial charge < -0.3 is 5.11 Å². The van der Waals surface area contributed by atoms with Gasteiger partial charge >= 0.3 is 0 Å². The van der Waals surface area contributed by atoms with Gasteiger partial charge in [0.15, 0.2) is 0 Å². The number of alkyl halides is 1. The average molecular weight is 237 g/mol. The molecule has 12 heavy (non-hydrogen) atoms. The van der Waals surface area contributed by atoms with Crippen LogP contribution in [0.5, 0.6) is 0 Å². The lowest BCUT2D eigenvalue weighted by atomic mass is 10.1. The summed E-state index contributed by atoms with van der Waals surface area (Å²) in [6, 6.07) is 4.09. The van der Waals surface area contributed by atoms with Gasteiger partial charge in [-0.25, -0.2) is 8.78 Å². The Morgan fingerprint density at radius 1 is 1.50 bits per heavy atom. The van der Waals surface area contributed by atoms with Crippen molar-refractivity contribution in [2.24, 2.45) is 0 Å². The van der Waals surface area contributed by atoms with E-state index in [-0.39, 0.29) is 5.56 Å². The second-order valence-electron chi connectivity index (χ2n) is 2.34. The highest BCUT2D eigenvalue weighted by Crippen LogP contribution is 2.21. The summed E-state index contributed by atoms with van der Waals surface area (Å²) < 4.78 is 25.4. The summed E-state index contributed by atoms with van der Waals surface area (Å²) in [6.07, 6.45) is -1.36. The zero-order chi connectivity index (χ0) is 9.14. The van der Waals surface area contributed by atoms with E-state index in [0.717, 1.165) is 0 Å². The summed E-state index contributed by atoms with van der Waals surface area (Å²) in [7, 11) is 0. The molecule has 1 N–H and O–H groups in total. The standard InChI is InChI=1S/C8H7BrF2O/c9-5-1-2-6(7(11)3-5)8(12)4-10/h1-3,8,12H,4H2. The molecule has 0 aliphatic rings. The van der Waals surface area contributed by atoms with Crippen molar-refractivity contribution >= 4 is 15.9 Å². The SMILES string of the molecule is OC(CF)c1ccc(Br)cc1F. The van der Waals surface area contributed by atoms with Gasteiger partial charge in [-0.2, -0.15) is 0 Å². The van der Waals surface area contributed by atoms with Gasteiger partial charge in [-0.15, -0.1) is 0 Å². The van der Waals surface area contributed by atoms with E-state index < -0.39 is 18.6 Å². The molecule has 0 bridgehead atoms. The molecule has 0 fully saturated rings. The van der Waals surface area contributed by atoms with Crippen LogP contribution in [0.15, 0.2) is 22.7 Å². The van der Waals surface area contributed by atoms with Crippen LogP contribution in [-0.4, -0.2) is 11.8 Å². The predicted molar refractivity (Wildman–Crippen MR) is 45.0 cm³/mol. The lowest BCUT2D eigenvalue weighted by Gasteiger charge is -2.07. The Labute approximate surface area is 77.2 Å². The minimum Gasteiger partial charge on any atom is -0.386 e. The Morgan fingerprint density at radius 2 is 2.17 bits per heavy atom. The number of hydrogen-bond donors (Lipinski definition) is 1. The number of halogens is 3. The first kappa shape index (κ1) is 9.61. The molecule has 0 heterocycles. The van der Waals surface area contributed by atoms with E-state index >= 15 is 0 Å². The van der Waals surface area contributed by atoms with E-state index in [1.54, 1.807) is 6.07 Å². The van der Waals surface area contributed by atoms with E-state index in [2.05, 4.69) is 15.9 Å². The third-order valence-electron chi connectivity index (χ3n) is 1.47. The monoisotopic (exact) mass is 236 g/mol. The molecule has 1 nitrogen and oxygen atoms in total. The van der Waals surface area contributed by atoms with Gasteiger partial charge in [0.1, 0.15) is 18.6 Å². The van der Waals surface area contributed by atoms with Crippen molar-refractivity contribution in [3.8, 4) is 0 Å². The molecule has 1 unspecified atom stereocenters. The molecular formula is C8H7BrF2O. The van der Waals surface area contributed by atoms with Crippen molar-refractivity contribution in [3.63, 3.8) is 0 Å². The van der Waals surface area contributed by atoms with Gasteiger partial charge in [-0.3, -0.25) is 0 Å². The highest BCUT2D eigenvalue weighted by molar-refractivity contribution is 9.10. The Bertz CT molecular complexity index is 278. The lowest BCUT2D eigenvalue weighted by molar-refractivity contribution is 0.138. The fourth-order valence-electron chi connectivity index (χ4n) is 0.855. The topological polar surface area (TPSA) is 20.2 Å². The molecule has 0 saturated heterocycles. The fourth-order valence-corrected chi connectivity index (χ4v) is 1.19. The maximum Gasteiger partial charge on any atom is 0.130 e. The van der Waals surface area contributed by atoms with E-state index in [4.69, 9.17) is 5.11 Å². The Kier molecular flexibility index (Phi) is 3.17. The number of aliphatic hydroxyl groups is 1. The first-order valence-electron chi connectivity index (χ1n) is 3.34. The molecule has 0 aromatic heterocycles. The molecule has 0 spiro atoms. The molecule has 0 saturated carbocycles. The largest absolute Gasteiger partial charge is 0.386 e. The molecule has 1 rings (SSSR count). The number of benzene rings is 1. The molecule has 0 aliphatic heterocycles. The quantitative estimate of drug-likeness (QED) is 0.838. The van der Waals surface area contributed by atoms with Gasteiger partial charge in [0.05, 0.1) is 0 Å². The van der Waals surface area contributed by atoms with Gasteiger partial charge in [-0.1, -0.05) is 22.0 Å². The molecule has 1 aromatic rings. The van der Waals surface area contributed by atoms with Crippen molar-refractivity contribution in [1.82, 2.24) is 0 Å². The molecular weight excluding hydrogens is 230 g/mol. The Morgan fingerprint density at radius 3 is 2.67 bits per heavy atom. The first-order chi connectivity index (χ1) is 5.65. The lowest BCUT2D eigenvalue weighted by Crippen LogP contribution is -2.01. The second kappa shape index (κ2) is 3.96. The minimum atomic E-state index is -1.36. The summed E-state index contributed by atoms with van der Waals surface area (Å²) in [4.78, 5) is 0. The van der Waals surface area contributed by atoms with E-state index in [0.29, 0.717) is 4.47 Å². The molecule has 0 aliphatic carbocycles. The summed E-state index contributed by atoms with van der Waals surface area (Å²) in [6.45, 7) is -0.974. The van der Waals surface area contributed by atoms with Crippen LogP contribution in [0.2, 0.25) is 0 Å². The van der Waals surface area contributed by atoms with Gasteiger partial charge in [0.2, 0.25) is 0 Å². The highest BCUT2D eigenvalue weighted by Gasteiger charge is 2.11. The molecule has 1 aromatic carbocycles. The van der Waals surface area contributed by atoms with Crippen LogP contribution in [0.4, 0.5) is 8.78 Å². The number of aliphatic hydroxyl groups excluding tert-OH is 1. The van der Waals surface area contributed by atoms with Crippen LogP contribution < -0.4 is 0 Å². The Hall–Kier alpha value is -0.480. The fraction of sp³-hybridized carbons (Fsp3) is 0.250. The van der Waals surface area contributed by atoms with Gasteiger partial charge in [-0.05, 0) is 12.1 Å². The minimum absolute atomic E-state index is 0.0132. The zero-order valence-corrected chi connectivity index (χ0v) is 7.68. The summed E-state index contributed by atoms with van der Waals surface area (Å²) in [5.74, 6) is -0.602. The summed E-state index contributed by atoms with van der Waals surface area (Å²) in [5, 5.41) is 8.97. The first-order valence-corrected chi connectivity index (χ1v) is 4.13. The molecule has 0 radical (unpaired) electrons. The van der Waals surface area contributed by atoms with Crippen molar-refractivity contribution in [3.05, 3.63) is 34.1 Å². The van der Waals surface area contributed by atoms with Crippen molar-refractivity contribution in [2.45, 2.75) is 6.10 Å². The van der Waals surface area contributed by atoms with E-state index in [1.165, 1.54) is 12.1 Å². The maximum absolute atomic E-state index is 12.9. The van der Waals surface area contributed by atoms with Crippen LogP contribution in [0.3, 0.4) is 0 Å². The molecule has 1 atom stereocenters. The second-order valence-corrected chi connectivity index (χ2v) is 3.25. The van der Waals surface area contributed by atoms with Crippen LogP contribution in [0, 0.1) is 5.82 Å². The molecule has 4 heteroatoms. The van der Waals surface area contributed by atoms with E-state index in [1.807, 2.05) is 0 Å². The summed E-state index contributed by atoms with van der Waals surface area (Å²) in [5.41, 5.74) is -0.0132. The smallest absolute Gasteiger partial charge is 0.130 e. The van der Waals surface area contributed by atoms with Crippen LogP contribution in [0.1, 0.15) is 11.7 Å². The van der Waals surface area contributed by atoms with Crippen molar-refractivity contribution < 1.29 is 13.9 Å². The van der Waals surface area contributed by atoms with Gasteiger partial charge in [0.25, 0.3) is 0 Å². The molecule has 0 amide bonds. The number of rotatable bonds is 2. The summed E-state index contributed by atoms with van der Waals surface area (Å²) >= 11 is 3.05. The van der Waals surface area contributed by atoms with Crippen molar-refractivity contribution in [1.29, 1.82) is 0 Å². The van der Waals surface area contributed by atoms with E-state index in [9.17, 15) is 8.78 Å². The Balaban J connectivity index is 3.01. The molecule has 66 valence electrons.